The van der Waals surface area contributed by atoms with Crippen molar-refractivity contribution in [1.29, 1.82) is 0 Å². The summed E-state index contributed by atoms with van der Waals surface area (Å²) >= 11 is 15.6. The van der Waals surface area contributed by atoms with Gasteiger partial charge < -0.3 is 0 Å². The van der Waals surface area contributed by atoms with Gasteiger partial charge in [0.15, 0.2) is 0 Å². The zero-order valence-electron chi connectivity index (χ0n) is 10.7. The fourth-order valence-electron chi connectivity index (χ4n) is 5.28. The Bertz CT molecular complexity index is 455. The molecule has 4 saturated carbocycles. The van der Waals surface area contributed by atoms with Crippen LogP contribution in [0.15, 0.2) is 10.5 Å². The molecular weight excluding hydrogens is 407 g/mol. The van der Waals surface area contributed by atoms with Crippen LogP contribution in [0.1, 0.15) is 48.2 Å². The minimum atomic E-state index is 0.502. The van der Waals surface area contributed by atoms with Crippen molar-refractivity contribution in [3.8, 4) is 0 Å². The van der Waals surface area contributed by atoms with E-state index in [-0.39, 0.29) is 0 Å². The van der Waals surface area contributed by atoms with E-state index in [0.29, 0.717) is 10.2 Å². The second-order valence-corrected chi connectivity index (χ2v) is 10.4. The molecule has 0 aromatic carbocycles. The molecule has 4 bridgehead atoms. The Hall–Kier alpha value is 0.950. The summed E-state index contributed by atoms with van der Waals surface area (Å²) in [7, 11) is 0. The molecular formula is C15H17Br2ClS. The highest BCUT2D eigenvalue weighted by atomic mass is 79.9. The van der Waals surface area contributed by atoms with Gasteiger partial charge in [0, 0.05) is 9.35 Å². The average Bonchev–Trinajstić information content (AvgIpc) is 2.67. The topological polar surface area (TPSA) is 0 Å². The largest absolute Gasteiger partial charge is 0.126 e. The predicted octanol–water partition coefficient (Wildman–Crippen LogP) is 6.82. The van der Waals surface area contributed by atoms with E-state index in [9.17, 15) is 0 Å². The smallest absolute Gasteiger partial charge is 0.107 e. The third-order valence-electron chi connectivity index (χ3n) is 5.54. The molecule has 5 rings (SSSR count). The third kappa shape index (κ3) is 2.18. The molecule has 0 amide bonds. The average molecular weight is 425 g/mol. The summed E-state index contributed by atoms with van der Waals surface area (Å²) in [6.45, 7) is 0. The Balaban J connectivity index is 1.67. The van der Waals surface area contributed by atoms with Crippen LogP contribution in [-0.2, 0) is 0 Å². The Labute approximate surface area is 140 Å². The monoisotopic (exact) mass is 422 g/mol. The Morgan fingerprint density at radius 2 is 1.68 bits per heavy atom. The van der Waals surface area contributed by atoms with Gasteiger partial charge in [-0.25, -0.2) is 0 Å². The lowest BCUT2D eigenvalue weighted by Crippen LogP contribution is -2.47. The third-order valence-corrected chi connectivity index (χ3v) is 9.84. The van der Waals surface area contributed by atoms with Gasteiger partial charge >= 0.3 is 0 Å². The lowest BCUT2D eigenvalue weighted by Gasteiger charge is -2.58. The molecule has 1 atom stereocenters. The molecule has 0 N–H and O–H groups in total. The van der Waals surface area contributed by atoms with E-state index in [1.807, 2.05) is 0 Å². The number of hydrogen-bond acceptors (Lipinski definition) is 1. The summed E-state index contributed by atoms with van der Waals surface area (Å²) in [6.07, 6.45) is 8.82. The SMILES string of the molecule is Clc1sc(C(Br)C23CC4CC(CC(C4)C2)C3)cc1Br. The van der Waals surface area contributed by atoms with Gasteiger partial charge in [-0.15, -0.1) is 11.3 Å². The van der Waals surface area contributed by atoms with Crippen molar-refractivity contribution in [3.63, 3.8) is 0 Å². The van der Waals surface area contributed by atoms with E-state index in [4.69, 9.17) is 11.6 Å². The predicted molar refractivity (Wildman–Crippen MR) is 89.3 cm³/mol. The minimum absolute atomic E-state index is 0.502. The number of rotatable bonds is 2. The van der Waals surface area contributed by atoms with Crippen molar-refractivity contribution in [2.45, 2.75) is 43.4 Å². The van der Waals surface area contributed by atoms with Crippen molar-refractivity contribution in [2.24, 2.45) is 23.2 Å². The van der Waals surface area contributed by atoms with Gasteiger partial charge in [-0.05, 0) is 83.7 Å². The van der Waals surface area contributed by atoms with Crippen LogP contribution in [-0.4, -0.2) is 0 Å². The molecule has 1 aromatic rings. The summed E-state index contributed by atoms with van der Waals surface area (Å²) < 4.78 is 1.95. The molecule has 4 heteroatoms. The molecule has 0 saturated heterocycles. The molecule has 1 unspecified atom stereocenters. The second kappa shape index (κ2) is 4.72. The number of hydrogen-bond donors (Lipinski definition) is 0. The Kier molecular flexibility index (Phi) is 3.38. The van der Waals surface area contributed by atoms with Crippen molar-refractivity contribution in [2.75, 3.05) is 0 Å². The van der Waals surface area contributed by atoms with E-state index in [1.54, 1.807) is 11.3 Å². The van der Waals surface area contributed by atoms with Crippen molar-refractivity contribution in [1.82, 2.24) is 0 Å². The fraction of sp³-hybridized carbons (Fsp3) is 0.733. The van der Waals surface area contributed by atoms with Crippen LogP contribution in [0, 0.1) is 23.2 Å². The van der Waals surface area contributed by atoms with E-state index < -0.39 is 0 Å². The van der Waals surface area contributed by atoms with Gasteiger partial charge in [-0.1, -0.05) is 27.5 Å². The molecule has 0 radical (unpaired) electrons. The van der Waals surface area contributed by atoms with E-state index in [2.05, 4.69) is 37.9 Å². The first-order chi connectivity index (χ1) is 9.06. The lowest BCUT2D eigenvalue weighted by atomic mass is 9.49. The van der Waals surface area contributed by atoms with E-state index >= 15 is 0 Å². The first kappa shape index (κ1) is 13.6. The van der Waals surface area contributed by atoms with Crippen LogP contribution in [0.4, 0.5) is 0 Å². The van der Waals surface area contributed by atoms with Crippen molar-refractivity contribution >= 4 is 54.8 Å². The lowest BCUT2D eigenvalue weighted by molar-refractivity contribution is -0.0524. The van der Waals surface area contributed by atoms with Gasteiger partial charge in [-0.2, -0.15) is 0 Å². The summed E-state index contributed by atoms with van der Waals surface area (Å²) in [4.78, 5) is 1.92. The standard InChI is InChI=1S/C15H17Br2ClS/c16-11-4-12(19-14(11)18)13(17)15-5-8-1-9(6-15)3-10(2-8)7-15/h4,8-10,13H,1-3,5-7H2. The molecule has 104 valence electrons. The summed E-state index contributed by atoms with van der Waals surface area (Å²) in [5.41, 5.74) is 0.516. The van der Waals surface area contributed by atoms with Crippen LogP contribution < -0.4 is 0 Å². The number of halogens is 3. The first-order valence-corrected chi connectivity index (χ1v) is 10.0. The maximum absolute atomic E-state index is 6.23. The molecule has 4 aliphatic carbocycles. The molecule has 19 heavy (non-hydrogen) atoms. The van der Waals surface area contributed by atoms with Gasteiger partial charge in [0.25, 0.3) is 0 Å². The van der Waals surface area contributed by atoms with Crippen LogP contribution in [0.2, 0.25) is 4.34 Å². The van der Waals surface area contributed by atoms with Crippen LogP contribution >= 0.6 is 54.8 Å². The zero-order chi connectivity index (χ0) is 13.2. The minimum Gasteiger partial charge on any atom is -0.126 e. The van der Waals surface area contributed by atoms with Crippen LogP contribution in [0.5, 0.6) is 0 Å². The maximum Gasteiger partial charge on any atom is 0.107 e. The van der Waals surface area contributed by atoms with Crippen molar-refractivity contribution in [3.05, 3.63) is 19.8 Å². The van der Waals surface area contributed by atoms with Gasteiger partial charge in [0.05, 0.1) is 4.83 Å². The first-order valence-electron chi connectivity index (χ1n) is 7.14. The summed E-state index contributed by atoms with van der Waals surface area (Å²) in [6, 6.07) is 2.23. The zero-order valence-corrected chi connectivity index (χ0v) is 15.4. The molecule has 1 heterocycles. The van der Waals surface area contributed by atoms with E-state index in [1.165, 1.54) is 43.4 Å². The molecule has 1 aromatic heterocycles. The highest BCUT2D eigenvalue weighted by molar-refractivity contribution is 9.10. The number of thiophene rings is 1. The second-order valence-electron chi connectivity index (χ2n) is 6.91. The van der Waals surface area contributed by atoms with Gasteiger partial charge in [0.2, 0.25) is 0 Å². The summed E-state index contributed by atoms with van der Waals surface area (Å²) in [5, 5.41) is 0. The van der Waals surface area contributed by atoms with Crippen LogP contribution in [0.25, 0.3) is 0 Å². The van der Waals surface area contributed by atoms with Gasteiger partial charge in [0.1, 0.15) is 4.34 Å². The highest BCUT2D eigenvalue weighted by Crippen LogP contribution is 2.66. The normalized spacial score (nSPS) is 41.7. The molecule has 0 nitrogen and oxygen atoms in total. The van der Waals surface area contributed by atoms with E-state index in [0.717, 1.165) is 26.6 Å². The Morgan fingerprint density at radius 1 is 1.16 bits per heavy atom. The molecule has 4 fully saturated rings. The Morgan fingerprint density at radius 3 is 2.11 bits per heavy atom. The quantitative estimate of drug-likeness (QED) is 0.457. The molecule has 4 aliphatic rings. The summed E-state index contributed by atoms with van der Waals surface area (Å²) in [5.74, 6) is 3.01. The molecule has 0 aliphatic heterocycles. The maximum atomic E-state index is 6.23. The van der Waals surface area contributed by atoms with Gasteiger partial charge in [-0.3, -0.25) is 0 Å². The van der Waals surface area contributed by atoms with Crippen LogP contribution in [0.3, 0.4) is 0 Å². The highest BCUT2D eigenvalue weighted by Gasteiger charge is 2.54. The fourth-order valence-corrected chi connectivity index (χ4v) is 8.11. The van der Waals surface area contributed by atoms with Crippen molar-refractivity contribution < 1.29 is 0 Å². The number of alkyl halides is 1. The molecule has 0 spiro atoms.